The minimum Gasteiger partial charge on any atom is -0.494 e. The highest BCUT2D eigenvalue weighted by molar-refractivity contribution is 7.91. The normalized spacial score (nSPS) is 14.4. The smallest absolute Gasteiger partial charge is 0.257 e. The topological polar surface area (TPSA) is 94.3 Å². The van der Waals surface area contributed by atoms with E-state index in [1.165, 1.54) is 0 Å². The molecule has 0 aliphatic heterocycles. The van der Waals surface area contributed by atoms with Crippen molar-refractivity contribution in [3.8, 4) is 16.5 Å². The standard InChI is InChI=1S/C18H19N3O4S2/c1-2-24-14-7-3-12(4-8-14)11-19-27(22,23)16-10-9-15(26-16)18-21-20-17(25-18)13-5-6-13/h3-4,7-10,13,19H,2,5-6,11H2,1H3. The Balaban J connectivity index is 1.43. The van der Waals surface area contributed by atoms with E-state index in [1.54, 1.807) is 12.1 Å². The van der Waals surface area contributed by atoms with Gasteiger partial charge in [0, 0.05) is 12.5 Å². The molecule has 2 aromatic heterocycles. The molecule has 0 spiro atoms. The minimum atomic E-state index is -3.62. The average molecular weight is 406 g/mol. The lowest BCUT2D eigenvalue weighted by molar-refractivity contribution is 0.340. The number of benzene rings is 1. The van der Waals surface area contributed by atoms with Crippen molar-refractivity contribution in [2.75, 3.05) is 6.61 Å². The van der Waals surface area contributed by atoms with Crippen molar-refractivity contribution in [2.24, 2.45) is 0 Å². The molecule has 0 atom stereocenters. The van der Waals surface area contributed by atoms with Crippen LogP contribution in [0.15, 0.2) is 45.0 Å². The van der Waals surface area contributed by atoms with Crippen LogP contribution in [0.25, 0.3) is 10.8 Å². The van der Waals surface area contributed by atoms with Gasteiger partial charge in [-0.25, -0.2) is 13.1 Å². The van der Waals surface area contributed by atoms with Crippen molar-refractivity contribution < 1.29 is 17.6 Å². The Bertz CT molecular complexity index is 1020. The molecule has 0 saturated heterocycles. The van der Waals surface area contributed by atoms with Gasteiger partial charge >= 0.3 is 0 Å². The highest BCUT2D eigenvalue weighted by Gasteiger charge is 2.30. The zero-order valence-corrected chi connectivity index (χ0v) is 16.3. The van der Waals surface area contributed by atoms with Crippen LogP contribution in [0, 0.1) is 0 Å². The number of nitrogens with zero attached hydrogens (tertiary/aromatic N) is 2. The van der Waals surface area contributed by atoms with Crippen LogP contribution < -0.4 is 9.46 Å². The van der Waals surface area contributed by atoms with Gasteiger partial charge < -0.3 is 9.15 Å². The van der Waals surface area contributed by atoms with Crippen molar-refractivity contribution in [2.45, 2.75) is 36.4 Å². The molecule has 1 fully saturated rings. The summed E-state index contributed by atoms with van der Waals surface area (Å²) in [6.45, 7) is 2.71. The third-order valence-corrected chi connectivity index (χ3v) is 7.09. The fraction of sp³-hybridized carbons (Fsp3) is 0.333. The van der Waals surface area contributed by atoms with Crippen molar-refractivity contribution in [1.82, 2.24) is 14.9 Å². The fourth-order valence-corrected chi connectivity index (χ4v) is 4.82. The molecule has 0 bridgehead atoms. The Labute approximate surface area is 161 Å². The Kier molecular flexibility index (Phi) is 4.98. The largest absolute Gasteiger partial charge is 0.494 e. The maximum absolute atomic E-state index is 12.6. The van der Waals surface area contributed by atoms with Gasteiger partial charge in [-0.3, -0.25) is 0 Å². The Morgan fingerprint density at radius 2 is 1.96 bits per heavy atom. The van der Waals surface area contributed by atoms with E-state index in [0.29, 0.717) is 29.2 Å². The first-order valence-corrected chi connectivity index (χ1v) is 11.0. The average Bonchev–Trinajstić information content (AvgIpc) is 3.19. The first-order valence-electron chi connectivity index (χ1n) is 8.70. The first kappa shape index (κ1) is 18.1. The van der Waals surface area contributed by atoms with Crippen molar-refractivity contribution in [1.29, 1.82) is 0 Å². The lowest BCUT2D eigenvalue weighted by atomic mass is 10.2. The lowest BCUT2D eigenvalue weighted by Crippen LogP contribution is -2.22. The van der Waals surface area contributed by atoms with Gasteiger partial charge in [-0.1, -0.05) is 12.1 Å². The van der Waals surface area contributed by atoms with E-state index in [4.69, 9.17) is 9.15 Å². The van der Waals surface area contributed by atoms with Gasteiger partial charge in [-0.05, 0) is 49.6 Å². The van der Waals surface area contributed by atoms with Gasteiger partial charge in [0.15, 0.2) is 0 Å². The van der Waals surface area contributed by atoms with Crippen molar-refractivity contribution >= 4 is 21.4 Å². The summed E-state index contributed by atoms with van der Waals surface area (Å²) in [6.07, 6.45) is 2.14. The predicted molar refractivity (Wildman–Crippen MR) is 101 cm³/mol. The molecule has 1 aliphatic carbocycles. The molecule has 0 amide bonds. The fourth-order valence-electron chi connectivity index (χ4n) is 2.53. The Hall–Kier alpha value is -2.23. The predicted octanol–water partition coefficient (Wildman–Crippen LogP) is 3.55. The highest BCUT2D eigenvalue weighted by Crippen LogP contribution is 2.40. The maximum atomic E-state index is 12.6. The lowest BCUT2D eigenvalue weighted by Gasteiger charge is -2.06. The SMILES string of the molecule is CCOc1ccc(CNS(=O)(=O)c2ccc(-c3nnc(C4CC4)o3)s2)cc1. The summed E-state index contributed by atoms with van der Waals surface area (Å²) in [5.41, 5.74) is 0.852. The van der Waals surface area contributed by atoms with Crippen LogP contribution in [0.5, 0.6) is 5.75 Å². The van der Waals surface area contributed by atoms with Crippen LogP contribution >= 0.6 is 11.3 Å². The van der Waals surface area contributed by atoms with Gasteiger partial charge in [-0.2, -0.15) is 0 Å². The minimum absolute atomic E-state index is 0.203. The molecule has 27 heavy (non-hydrogen) atoms. The number of thiophene rings is 1. The number of sulfonamides is 1. The zero-order chi connectivity index (χ0) is 18.9. The van der Waals surface area contributed by atoms with E-state index in [1.807, 2.05) is 31.2 Å². The molecule has 3 aromatic rings. The maximum Gasteiger partial charge on any atom is 0.257 e. The van der Waals surface area contributed by atoms with E-state index in [9.17, 15) is 8.42 Å². The molecule has 1 saturated carbocycles. The van der Waals surface area contributed by atoms with Crippen LogP contribution in [-0.4, -0.2) is 25.2 Å². The van der Waals surface area contributed by atoms with Gasteiger partial charge in [0.25, 0.3) is 5.89 Å². The molecule has 9 heteroatoms. The highest BCUT2D eigenvalue weighted by atomic mass is 32.2. The molecular formula is C18H19N3O4S2. The third-order valence-electron chi connectivity index (χ3n) is 4.12. The monoisotopic (exact) mass is 405 g/mol. The molecule has 1 N–H and O–H groups in total. The zero-order valence-electron chi connectivity index (χ0n) is 14.7. The Morgan fingerprint density at radius 1 is 1.19 bits per heavy atom. The van der Waals surface area contributed by atoms with Crippen LogP contribution in [0.1, 0.15) is 37.1 Å². The molecule has 2 heterocycles. The number of ether oxygens (including phenoxy) is 1. The number of hydrogen-bond donors (Lipinski definition) is 1. The van der Waals surface area contributed by atoms with E-state index in [2.05, 4.69) is 14.9 Å². The molecule has 0 unspecified atom stereocenters. The van der Waals surface area contributed by atoms with E-state index >= 15 is 0 Å². The van der Waals surface area contributed by atoms with Gasteiger partial charge in [-0.15, -0.1) is 21.5 Å². The molecule has 1 aromatic carbocycles. The summed E-state index contributed by atoms with van der Waals surface area (Å²) >= 11 is 1.12. The van der Waals surface area contributed by atoms with Crippen molar-refractivity contribution in [3.05, 3.63) is 47.9 Å². The molecule has 142 valence electrons. The number of hydrogen-bond acceptors (Lipinski definition) is 7. The summed E-state index contributed by atoms with van der Waals surface area (Å²) in [7, 11) is -3.62. The molecular weight excluding hydrogens is 386 g/mol. The van der Waals surface area contributed by atoms with Crippen LogP contribution in [0.4, 0.5) is 0 Å². The van der Waals surface area contributed by atoms with Crippen molar-refractivity contribution in [3.63, 3.8) is 0 Å². The quantitative estimate of drug-likeness (QED) is 0.616. The number of rotatable bonds is 8. The van der Waals surface area contributed by atoms with Gasteiger partial charge in [0.1, 0.15) is 9.96 Å². The second kappa shape index (κ2) is 7.41. The molecule has 1 aliphatic rings. The number of aromatic nitrogens is 2. The van der Waals surface area contributed by atoms with Crippen LogP contribution in [0.2, 0.25) is 0 Å². The van der Waals surface area contributed by atoms with Crippen LogP contribution in [-0.2, 0) is 16.6 Å². The number of nitrogens with one attached hydrogen (secondary N) is 1. The third kappa shape index (κ3) is 4.20. The second-order valence-electron chi connectivity index (χ2n) is 6.24. The summed E-state index contributed by atoms with van der Waals surface area (Å²) < 4.78 is 39.0. The second-order valence-corrected chi connectivity index (χ2v) is 9.32. The van der Waals surface area contributed by atoms with E-state index in [0.717, 1.165) is 35.5 Å². The molecule has 7 nitrogen and oxygen atoms in total. The van der Waals surface area contributed by atoms with Gasteiger partial charge in [0.2, 0.25) is 15.9 Å². The summed E-state index contributed by atoms with van der Waals surface area (Å²) in [5.74, 6) is 2.13. The Morgan fingerprint density at radius 3 is 2.67 bits per heavy atom. The molecule has 0 radical (unpaired) electrons. The first-order chi connectivity index (χ1) is 13.0. The summed E-state index contributed by atoms with van der Waals surface area (Å²) in [5, 5.41) is 8.06. The summed E-state index contributed by atoms with van der Waals surface area (Å²) in [6, 6.07) is 10.6. The molecule has 4 rings (SSSR count). The summed E-state index contributed by atoms with van der Waals surface area (Å²) in [4.78, 5) is 0.649. The van der Waals surface area contributed by atoms with Crippen LogP contribution in [0.3, 0.4) is 0 Å². The van der Waals surface area contributed by atoms with E-state index < -0.39 is 10.0 Å². The van der Waals surface area contributed by atoms with E-state index in [-0.39, 0.29) is 10.8 Å². The van der Waals surface area contributed by atoms with Gasteiger partial charge in [0.05, 0.1) is 11.5 Å².